The summed E-state index contributed by atoms with van der Waals surface area (Å²) < 4.78 is 12.7. The number of rotatable bonds is 6. The zero-order valence-electron chi connectivity index (χ0n) is 10.6. The average Bonchev–Trinajstić information content (AvgIpc) is 2.35. The molecule has 0 aliphatic rings. The van der Waals surface area contributed by atoms with E-state index in [1.54, 1.807) is 12.1 Å². The van der Waals surface area contributed by atoms with Gasteiger partial charge < -0.3 is 15.7 Å². The molecule has 0 radical (unpaired) electrons. The van der Waals surface area contributed by atoms with Gasteiger partial charge in [-0.15, -0.1) is 0 Å². The van der Waals surface area contributed by atoms with Crippen LogP contribution in [0.1, 0.15) is 18.9 Å². The lowest BCUT2D eigenvalue weighted by atomic mass is 10.1. The summed E-state index contributed by atoms with van der Waals surface area (Å²) in [7, 11) is 0. The number of hydrogen-bond donors (Lipinski definition) is 3. The third-order valence-electron chi connectivity index (χ3n) is 2.59. The van der Waals surface area contributed by atoms with Crippen molar-refractivity contribution >= 4 is 12.0 Å². The van der Waals surface area contributed by atoms with E-state index in [4.69, 9.17) is 5.11 Å². The fourth-order valence-electron chi connectivity index (χ4n) is 1.56. The zero-order chi connectivity index (χ0) is 14.3. The molecule has 1 unspecified atom stereocenters. The molecule has 5 nitrogen and oxygen atoms in total. The molecule has 3 N–H and O–H groups in total. The molecule has 1 rings (SSSR count). The largest absolute Gasteiger partial charge is 0.465 e. The first kappa shape index (κ1) is 14.9. The Morgan fingerprint density at radius 2 is 1.95 bits per heavy atom. The maximum atomic E-state index is 12.7. The minimum absolute atomic E-state index is 0.273. The highest BCUT2D eigenvalue weighted by molar-refractivity contribution is 5.84. The van der Waals surface area contributed by atoms with Gasteiger partial charge in [-0.1, -0.05) is 12.1 Å². The summed E-state index contributed by atoms with van der Waals surface area (Å²) in [6, 6.07) is 5.42. The first-order valence-electron chi connectivity index (χ1n) is 6.00. The van der Waals surface area contributed by atoms with E-state index in [-0.39, 0.29) is 11.7 Å². The molecule has 0 bridgehead atoms. The van der Waals surface area contributed by atoms with Crippen molar-refractivity contribution in [2.45, 2.75) is 25.8 Å². The van der Waals surface area contributed by atoms with E-state index in [9.17, 15) is 14.0 Å². The first-order valence-corrected chi connectivity index (χ1v) is 6.00. The van der Waals surface area contributed by atoms with Crippen molar-refractivity contribution in [2.75, 3.05) is 6.54 Å². The third kappa shape index (κ3) is 5.85. The summed E-state index contributed by atoms with van der Waals surface area (Å²) in [6.07, 6.45) is 0.201. The van der Waals surface area contributed by atoms with Crippen LogP contribution in [0.25, 0.3) is 0 Å². The lowest BCUT2D eigenvalue weighted by Crippen LogP contribution is -2.44. The van der Waals surface area contributed by atoms with Crippen molar-refractivity contribution in [3.8, 4) is 0 Å². The fourth-order valence-corrected chi connectivity index (χ4v) is 1.56. The number of nitrogens with one attached hydrogen (secondary N) is 2. The van der Waals surface area contributed by atoms with Gasteiger partial charge in [-0.05, 0) is 37.5 Å². The number of hydrogen-bond acceptors (Lipinski definition) is 2. The number of carbonyl (C=O) groups excluding carboxylic acids is 1. The van der Waals surface area contributed by atoms with Gasteiger partial charge in [-0.3, -0.25) is 4.79 Å². The van der Waals surface area contributed by atoms with Crippen molar-refractivity contribution in [3.05, 3.63) is 35.6 Å². The molecule has 0 aliphatic carbocycles. The van der Waals surface area contributed by atoms with Gasteiger partial charge in [-0.25, -0.2) is 9.18 Å². The van der Waals surface area contributed by atoms with Crippen LogP contribution in [0.5, 0.6) is 0 Å². The van der Waals surface area contributed by atoms with E-state index in [0.717, 1.165) is 12.0 Å². The predicted octanol–water partition coefficient (Wildman–Crippen LogP) is 1.53. The smallest absolute Gasteiger partial charge is 0.405 e. The van der Waals surface area contributed by atoms with E-state index < -0.39 is 12.1 Å². The summed E-state index contributed by atoms with van der Waals surface area (Å²) in [4.78, 5) is 21.8. The van der Waals surface area contributed by atoms with Crippen molar-refractivity contribution in [3.63, 3.8) is 0 Å². The Morgan fingerprint density at radius 1 is 1.32 bits per heavy atom. The molecule has 104 valence electrons. The van der Waals surface area contributed by atoms with Gasteiger partial charge in [0.05, 0.1) is 0 Å². The molecule has 19 heavy (non-hydrogen) atoms. The molecular weight excluding hydrogens is 251 g/mol. The van der Waals surface area contributed by atoms with Crippen LogP contribution in [0.15, 0.2) is 24.3 Å². The lowest BCUT2D eigenvalue weighted by molar-refractivity contribution is -0.122. The maximum absolute atomic E-state index is 12.7. The van der Waals surface area contributed by atoms with E-state index in [0.29, 0.717) is 13.0 Å². The highest BCUT2D eigenvalue weighted by Crippen LogP contribution is 2.04. The molecular formula is C13H17FN2O3. The van der Waals surface area contributed by atoms with Gasteiger partial charge >= 0.3 is 6.09 Å². The van der Waals surface area contributed by atoms with Crippen LogP contribution in [0.3, 0.4) is 0 Å². The minimum atomic E-state index is -1.23. The number of carbonyl (C=O) groups is 2. The Labute approximate surface area is 110 Å². The van der Waals surface area contributed by atoms with Crippen LogP contribution in [0.4, 0.5) is 9.18 Å². The van der Waals surface area contributed by atoms with Gasteiger partial charge in [0.25, 0.3) is 0 Å². The SMILES string of the molecule is CC(NC(=O)O)C(=O)NCCCc1ccc(F)cc1. The summed E-state index contributed by atoms with van der Waals surface area (Å²) >= 11 is 0. The molecule has 0 spiro atoms. The normalized spacial score (nSPS) is 11.7. The molecule has 0 aromatic heterocycles. The van der Waals surface area contributed by atoms with E-state index >= 15 is 0 Å². The first-order chi connectivity index (χ1) is 8.99. The Morgan fingerprint density at radius 3 is 2.53 bits per heavy atom. The minimum Gasteiger partial charge on any atom is -0.465 e. The fraction of sp³-hybridized carbons (Fsp3) is 0.385. The predicted molar refractivity (Wildman–Crippen MR) is 68.4 cm³/mol. The molecule has 0 saturated heterocycles. The van der Waals surface area contributed by atoms with Crippen LogP contribution < -0.4 is 10.6 Å². The quantitative estimate of drug-likeness (QED) is 0.685. The second-order valence-corrected chi connectivity index (χ2v) is 4.19. The van der Waals surface area contributed by atoms with E-state index in [1.807, 2.05) is 0 Å². The number of carboxylic acid groups (broad SMARTS) is 1. The Kier molecular flexibility index (Phi) is 5.78. The summed E-state index contributed by atoms with van der Waals surface area (Å²) in [5.41, 5.74) is 0.993. The molecule has 1 aromatic rings. The van der Waals surface area contributed by atoms with Gasteiger partial charge in [0.15, 0.2) is 0 Å². The molecule has 1 aromatic carbocycles. The molecule has 0 aliphatic heterocycles. The standard InChI is InChI=1S/C13H17FN2O3/c1-9(16-13(18)19)12(17)15-8-2-3-10-4-6-11(14)7-5-10/h4-7,9,16H,2-3,8H2,1H3,(H,15,17)(H,18,19). The van der Waals surface area contributed by atoms with Crippen LogP contribution in [-0.4, -0.2) is 29.7 Å². The summed E-state index contributed by atoms with van der Waals surface area (Å²) in [5.74, 6) is -0.632. The van der Waals surface area contributed by atoms with Gasteiger partial charge in [0.2, 0.25) is 5.91 Å². The maximum Gasteiger partial charge on any atom is 0.405 e. The topological polar surface area (TPSA) is 78.4 Å². The zero-order valence-corrected chi connectivity index (χ0v) is 10.6. The Balaban J connectivity index is 2.21. The molecule has 0 saturated carbocycles. The monoisotopic (exact) mass is 268 g/mol. The Bertz CT molecular complexity index is 434. The number of aryl methyl sites for hydroxylation is 1. The lowest BCUT2D eigenvalue weighted by Gasteiger charge is -2.11. The molecule has 2 amide bonds. The van der Waals surface area contributed by atoms with E-state index in [2.05, 4.69) is 10.6 Å². The van der Waals surface area contributed by atoms with Crippen LogP contribution in [-0.2, 0) is 11.2 Å². The van der Waals surface area contributed by atoms with Crippen molar-refractivity contribution in [1.82, 2.24) is 10.6 Å². The number of halogens is 1. The molecule has 6 heteroatoms. The Hall–Kier alpha value is -2.11. The number of amides is 2. The summed E-state index contributed by atoms with van der Waals surface area (Å²) in [6.45, 7) is 1.92. The second kappa shape index (κ2) is 7.35. The highest BCUT2D eigenvalue weighted by Gasteiger charge is 2.13. The molecule has 0 fully saturated rings. The second-order valence-electron chi connectivity index (χ2n) is 4.19. The van der Waals surface area contributed by atoms with Crippen molar-refractivity contribution in [1.29, 1.82) is 0 Å². The van der Waals surface area contributed by atoms with Crippen molar-refractivity contribution in [2.24, 2.45) is 0 Å². The van der Waals surface area contributed by atoms with Crippen LogP contribution in [0, 0.1) is 5.82 Å². The van der Waals surface area contributed by atoms with Gasteiger partial charge in [-0.2, -0.15) is 0 Å². The van der Waals surface area contributed by atoms with Crippen molar-refractivity contribution < 1.29 is 19.1 Å². The van der Waals surface area contributed by atoms with Gasteiger partial charge in [0.1, 0.15) is 11.9 Å². The third-order valence-corrected chi connectivity index (χ3v) is 2.59. The van der Waals surface area contributed by atoms with Gasteiger partial charge in [0, 0.05) is 6.54 Å². The van der Waals surface area contributed by atoms with E-state index in [1.165, 1.54) is 19.1 Å². The van der Waals surface area contributed by atoms with Crippen LogP contribution in [0.2, 0.25) is 0 Å². The number of benzene rings is 1. The molecule has 1 atom stereocenters. The summed E-state index contributed by atoms with van der Waals surface area (Å²) in [5, 5.41) is 13.2. The van der Waals surface area contributed by atoms with Crippen LogP contribution >= 0.6 is 0 Å². The molecule has 0 heterocycles. The average molecular weight is 268 g/mol. The highest BCUT2D eigenvalue weighted by atomic mass is 19.1.